The zero-order valence-corrected chi connectivity index (χ0v) is 13.6. The Labute approximate surface area is 144 Å². The molecule has 2 heterocycles. The van der Waals surface area contributed by atoms with E-state index in [-0.39, 0.29) is 5.91 Å². The van der Waals surface area contributed by atoms with E-state index in [1.807, 2.05) is 35.0 Å². The van der Waals surface area contributed by atoms with Crippen molar-refractivity contribution in [3.63, 3.8) is 0 Å². The van der Waals surface area contributed by atoms with Crippen molar-refractivity contribution in [1.82, 2.24) is 14.8 Å². The number of benzene rings is 1. The van der Waals surface area contributed by atoms with Crippen LogP contribution in [0.3, 0.4) is 0 Å². The Morgan fingerprint density at radius 1 is 1.12 bits per heavy atom. The van der Waals surface area contributed by atoms with E-state index in [0.29, 0.717) is 10.7 Å². The molecule has 6 heteroatoms. The predicted molar refractivity (Wildman–Crippen MR) is 92.8 cm³/mol. The standard InChI is InChI=1S/C18H15ClN4O/c19-16-10-9-12(11-20-16)18(24)21-17-14-7-4-8-15(14)22-23(17)13-5-2-1-3-6-13/h1-3,5-6,9-11H,4,7-8H2,(H,21,24). The monoisotopic (exact) mass is 338 g/mol. The number of halogens is 1. The van der Waals surface area contributed by atoms with Crippen LogP contribution in [0.2, 0.25) is 5.15 Å². The van der Waals surface area contributed by atoms with Crippen LogP contribution in [0.5, 0.6) is 0 Å². The number of fused-ring (bicyclic) bond motifs is 1. The van der Waals surface area contributed by atoms with Crippen LogP contribution in [-0.4, -0.2) is 20.7 Å². The largest absolute Gasteiger partial charge is 0.306 e. The van der Waals surface area contributed by atoms with Crippen LogP contribution >= 0.6 is 11.6 Å². The molecule has 0 unspecified atom stereocenters. The van der Waals surface area contributed by atoms with Crippen LogP contribution in [0.1, 0.15) is 28.0 Å². The highest BCUT2D eigenvalue weighted by molar-refractivity contribution is 6.29. The van der Waals surface area contributed by atoms with Gasteiger partial charge in [0.05, 0.1) is 16.9 Å². The summed E-state index contributed by atoms with van der Waals surface area (Å²) in [6, 6.07) is 13.1. The van der Waals surface area contributed by atoms with Crippen molar-refractivity contribution < 1.29 is 4.79 Å². The van der Waals surface area contributed by atoms with Gasteiger partial charge >= 0.3 is 0 Å². The number of carbonyl (C=O) groups is 1. The Morgan fingerprint density at radius 2 is 1.96 bits per heavy atom. The number of amides is 1. The molecule has 5 nitrogen and oxygen atoms in total. The second kappa shape index (κ2) is 6.09. The van der Waals surface area contributed by atoms with Gasteiger partial charge in [-0.05, 0) is 43.5 Å². The molecule has 2 aromatic heterocycles. The van der Waals surface area contributed by atoms with Gasteiger partial charge in [0.2, 0.25) is 0 Å². The van der Waals surface area contributed by atoms with Crippen LogP contribution in [0.25, 0.3) is 5.69 Å². The summed E-state index contributed by atoms with van der Waals surface area (Å²) < 4.78 is 1.81. The first-order chi connectivity index (χ1) is 11.7. The quantitative estimate of drug-likeness (QED) is 0.741. The van der Waals surface area contributed by atoms with Crippen molar-refractivity contribution in [1.29, 1.82) is 0 Å². The Bertz CT molecular complexity index is 887. The molecular formula is C18H15ClN4O. The topological polar surface area (TPSA) is 59.8 Å². The number of para-hydroxylation sites is 1. The first-order valence-electron chi connectivity index (χ1n) is 7.81. The number of pyridine rings is 1. The fourth-order valence-electron chi connectivity index (χ4n) is 2.97. The number of carbonyl (C=O) groups excluding carboxylic acids is 1. The minimum absolute atomic E-state index is 0.217. The molecule has 4 rings (SSSR count). The van der Waals surface area contributed by atoms with Gasteiger partial charge in [0.25, 0.3) is 5.91 Å². The van der Waals surface area contributed by atoms with Crippen molar-refractivity contribution in [2.75, 3.05) is 5.32 Å². The second-order valence-corrected chi connectivity index (χ2v) is 6.09. The predicted octanol–water partition coefficient (Wildman–Crippen LogP) is 3.66. The minimum atomic E-state index is -0.217. The maximum absolute atomic E-state index is 12.6. The SMILES string of the molecule is O=C(Nc1c2c(nn1-c1ccccc1)CCC2)c1ccc(Cl)nc1. The number of aromatic nitrogens is 3. The van der Waals surface area contributed by atoms with E-state index < -0.39 is 0 Å². The molecule has 1 amide bonds. The highest BCUT2D eigenvalue weighted by Gasteiger charge is 2.24. The average molecular weight is 339 g/mol. The molecule has 120 valence electrons. The third kappa shape index (κ3) is 2.67. The first kappa shape index (κ1) is 14.9. The van der Waals surface area contributed by atoms with E-state index in [0.717, 1.165) is 42.0 Å². The summed E-state index contributed by atoms with van der Waals surface area (Å²) in [5.74, 6) is 0.527. The van der Waals surface area contributed by atoms with E-state index in [1.165, 1.54) is 6.20 Å². The lowest BCUT2D eigenvalue weighted by Crippen LogP contribution is -2.16. The van der Waals surface area contributed by atoms with Crippen molar-refractivity contribution in [2.45, 2.75) is 19.3 Å². The third-order valence-corrected chi connectivity index (χ3v) is 4.35. The third-order valence-electron chi connectivity index (χ3n) is 4.13. The van der Waals surface area contributed by atoms with Gasteiger partial charge in [0.15, 0.2) is 0 Å². The summed E-state index contributed by atoms with van der Waals surface area (Å²) >= 11 is 5.78. The number of hydrogen-bond acceptors (Lipinski definition) is 3. The van der Waals surface area contributed by atoms with Gasteiger partial charge in [-0.25, -0.2) is 9.67 Å². The van der Waals surface area contributed by atoms with Gasteiger partial charge < -0.3 is 5.32 Å². The maximum atomic E-state index is 12.6. The number of nitrogens with one attached hydrogen (secondary N) is 1. The molecule has 1 N–H and O–H groups in total. The second-order valence-electron chi connectivity index (χ2n) is 5.70. The number of hydrogen-bond donors (Lipinski definition) is 1. The molecule has 0 bridgehead atoms. The van der Waals surface area contributed by atoms with Crippen LogP contribution in [0, 0.1) is 0 Å². The minimum Gasteiger partial charge on any atom is -0.306 e. The molecule has 1 aliphatic carbocycles. The summed E-state index contributed by atoms with van der Waals surface area (Å²) in [7, 11) is 0. The molecule has 0 atom stereocenters. The van der Waals surface area contributed by atoms with Crippen molar-refractivity contribution in [3.8, 4) is 5.69 Å². The zero-order chi connectivity index (χ0) is 16.5. The normalized spacial score (nSPS) is 12.9. The molecule has 0 saturated heterocycles. The number of nitrogens with zero attached hydrogens (tertiary/aromatic N) is 3. The van der Waals surface area contributed by atoms with E-state index in [1.54, 1.807) is 12.1 Å². The molecule has 0 fully saturated rings. The van der Waals surface area contributed by atoms with Crippen LogP contribution in [0.15, 0.2) is 48.7 Å². The van der Waals surface area contributed by atoms with E-state index in [9.17, 15) is 4.79 Å². The molecule has 3 aromatic rings. The van der Waals surface area contributed by atoms with Crippen LogP contribution in [0.4, 0.5) is 5.82 Å². The van der Waals surface area contributed by atoms with Crippen molar-refractivity contribution in [2.24, 2.45) is 0 Å². The van der Waals surface area contributed by atoms with Gasteiger partial charge in [-0.15, -0.1) is 0 Å². The van der Waals surface area contributed by atoms with E-state index >= 15 is 0 Å². The zero-order valence-electron chi connectivity index (χ0n) is 12.9. The lowest BCUT2D eigenvalue weighted by Gasteiger charge is -2.11. The summed E-state index contributed by atoms with van der Waals surface area (Å²) in [6.45, 7) is 0. The smallest absolute Gasteiger partial charge is 0.258 e. The molecule has 0 radical (unpaired) electrons. The molecule has 24 heavy (non-hydrogen) atoms. The molecule has 1 aromatic carbocycles. The maximum Gasteiger partial charge on any atom is 0.258 e. The average Bonchev–Trinajstić information content (AvgIpc) is 3.19. The van der Waals surface area contributed by atoms with Gasteiger partial charge in [0.1, 0.15) is 11.0 Å². The summed E-state index contributed by atoms with van der Waals surface area (Å²) in [5.41, 5.74) is 3.57. The highest BCUT2D eigenvalue weighted by atomic mass is 35.5. The molecule has 1 aliphatic rings. The molecule has 0 spiro atoms. The molecular weight excluding hydrogens is 324 g/mol. The van der Waals surface area contributed by atoms with Crippen molar-refractivity contribution in [3.05, 3.63) is 70.6 Å². The molecule has 0 aliphatic heterocycles. The highest BCUT2D eigenvalue weighted by Crippen LogP contribution is 2.31. The van der Waals surface area contributed by atoms with Crippen LogP contribution in [-0.2, 0) is 12.8 Å². The number of rotatable bonds is 3. The van der Waals surface area contributed by atoms with Gasteiger partial charge in [-0.2, -0.15) is 5.10 Å². The Morgan fingerprint density at radius 3 is 2.71 bits per heavy atom. The van der Waals surface area contributed by atoms with E-state index in [2.05, 4.69) is 15.4 Å². The summed E-state index contributed by atoms with van der Waals surface area (Å²) in [6.07, 6.45) is 4.41. The number of aryl methyl sites for hydroxylation is 1. The van der Waals surface area contributed by atoms with Gasteiger partial charge in [-0.3, -0.25) is 4.79 Å². The van der Waals surface area contributed by atoms with Gasteiger partial charge in [-0.1, -0.05) is 29.8 Å². The van der Waals surface area contributed by atoms with Crippen LogP contribution < -0.4 is 5.32 Å². The van der Waals surface area contributed by atoms with Gasteiger partial charge in [0, 0.05) is 11.8 Å². The van der Waals surface area contributed by atoms with E-state index in [4.69, 9.17) is 11.6 Å². The Hall–Kier alpha value is -2.66. The lowest BCUT2D eigenvalue weighted by atomic mass is 10.2. The Balaban J connectivity index is 1.72. The molecule has 0 saturated carbocycles. The first-order valence-corrected chi connectivity index (χ1v) is 8.19. The fraction of sp³-hybridized carbons (Fsp3) is 0.167. The summed E-state index contributed by atoms with van der Waals surface area (Å²) in [4.78, 5) is 16.5. The fourth-order valence-corrected chi connectivity index (χ4v) is 3.08. The number of anilines is 1. The summed E-state index contributed by atoms with van der Waals surface area (Å²) in [5, 5.41) is 8.05. The Kier molecular flexibility index (Phi) is 3.78. The van der Waals surface area contributed by atoms with Crippen molar-refractivity contribution >= 4 is 23.3 Å². The lowest BCUT2D eigenvalue weighted by molar-refractivity contribution is 0.102.